The van der Waals surface area contributed by atoms with Crippen molar-refractivity contribution < 1.29 is 14.4 Å². The van der Waals surface area contributed by atoms with Gasteiger partial charge in [0.15, 0.2) is 10.9 Å². The van der Waals surface area contributed by atoms with E-state index in [0.29, 0.717) is 32.6 Å². The molecule has 0 saturated heterocycles. The first kappa shape index (κ1) is 19.2. The zero-order chi connectivity index (χ0) is 20.1. The third-order valence-corrected chi connectivity index (χ3v) is 4.88. The molecule has 2 aromatic carbocycles. The van der Waals surface area contributed by atoms with Gasteiger partial charge in [0, 0.05) is 16.9 Å². The van der Waals surface area contributed by atoms with Crippen LogP contribution in [0.1, 0.15) is 32.6 Å². The number of ketones is 1. The summed E-state index contributed by atoms with van der Waals surface area (Å²) in [5, 5.41) is 8.41. The zero-order valence-corrected chi connectivity index (χ0v) is 16.1. The highest BCUT2D eigenvalue weighted by Gasteiger charge is 2.17. The molecule has 0 aliphatic heterocycles. The van der Waals surface area contributed by atoms with Crippen LogP contribution in [0.25, 0.3) is 0 Å². The molecule has 8 heteroatoms. The number of urea groups is 1. The summed E-state index contributed by atoms with van der Waals surface area (Å²) in [7, 11) is 0. The number of aromatic nitrogens is 1. The van der Waals surface area contributed by atoms with Crippen LogP contribution in [0.4, 0.5) is 21.3 Å². The topological polar surface area (TPSA) is 100 Å². The van der Waals surface area contributed by atoms with Gasteiger partial charge in [-0.3, -0.25) is 14.9 Å². The average molecular weight is 394 g/mol. The van der Waals surface area contributed by atoms with Crippen LogP contribution in [-0.4, -0.2) is 22.7 Å². The lowest BCUT2D eigenvalue weighted by Gasteiger charge is -2.05. The van der Waals surface area contributed by atoms with Crippen LogP contribution in [-0.2, 0) is 0 Å². The SMILES string of the molecule is CC(=O)c1ccc(NC(=O)c2sc(NC(=O)Nc3ccccc3)nc2C)cc1. The van der Waals surface area contributed by atoms with E-state index in [1.807, 2.05) is 18.2 Å². The molecule has 0 radical (unpaired) electrons. The van der Waals surface area contributed by atoms with E-state index in [9.17, 15) is 14.4 Å². The van der Waals surface area contributed by atoms with Gasteiger partial charge in [0.05, 0.1) is 5.69 Å². The van der Waals surface area contributed by atoms with E-state index in [2.05, 4.69) is 20.9 Å². The Morgan fingerprint density at radius 1 is 0.857 bits per heavy atom. The maximum Gasteiger partial charge on any atom is 0.325 e. The first-order valence-corrected chi connectivity index (χ1v) is 9.27. The minimum absolute atomic E-state index is 0.0410. The van der Waals surface area contributed by atoms with E-state index < -0.39 is 6.03 Å². The molecule has 0 fully saturated rings. The Labute approximate surface area is 165 Å². The van der Waals surface area contributed by atoms with E-state index in [1.165, 1.54) is 6.92 Å². The predicted octanol–water partition coefficient (Wildman–Crippen LogP) is 4.55. The second-order valence-corrected chi connectivity index (χ2v) is 6.97. The van der Waals surface area contributed by atoms with E-state index in [0.717, 1.165) is 11.3 Å². The maximum absolute atomic E-state index is 12.5. The summed E-state index contributed by atoms with van der Waals surface area (Å²) in [6, 6.07) is 15.2. The Morgan fingerprint density at radius 3 is 2.14 bits per heavy atom. The Kier molecular flexibility index (Phi) is 5.81. The first-order chi connectivity index (χ1) is 13.4. The van der Waals surface area contributed by atoms with Crippen LogP contribution in [0, 0.1) is 6.92 Å². The summed E-state index contributed by atoms with van der Waals surface area (Å²) in [6.07, 6.45) is 0. The van der Waals surface area contributed by atoms with Gasteiger partial charge in [-0.05, 0) is 50.2 Å². The third kappa shape index (κ3) is 4.80. The fourth-order valence-electron chi connectivity index (χ4n) is 2.42. The summed E-state index contributed by atoms with van der Waals surface area (Å²) < 4.78 is 0. The highest BCUT2D eigenvalue weighted by Crippen LogP contribution is 2.24. The summed E-state index contributed by atoms with van der Waals surface area (Å²) in [6.45, 7) is 3.18. The Morgan fingerprint density at radius 2 is 1.50 bits per heavy atom. The van der Waals surface area contributed by atoms with Crippen molar-refractivity contribution in [2.75, 3.05) is 16.0 Å². The zero-order valence-electron chi connectivity index (χ0n) is 15.3. The summed E-state index contributed by atoms with van der Waals surface area (Å²) in [4.78, 5) is 40.5. The van der Waals surface area contributed by atoms with Crippen molar-refractivity contribution in [1.29, 1.82) is 0 Å². The van der Waals surface area contributed by atoms with Gasteiger partial charge in [-0.25, -0.2) is 9.78 Å². The number of para-hydroxylation sites is 1. The molecule has 3 rings (SSSR count). The van der Waals surface area contributed by atoms with Crippen molar-refractivity contribution in [3.63, 3.8) is 0 Å². The number of aryl methyl sites for hydroxylation is 1. The molecule has 0 bridgehead atoms. The van der Waals surface area contributed by atoms with E-state index in [1.54, 1.807) is 43.3 Å². The van der Waals surface area contributed by atoms with Crippen LogP contribution < -0.4 is 16.0 Å². The van der Waals surface area contributed by atoms with Crippen LogP contribution in [0.15, 0.2) is 54.6 Å². The number of hydrogen-bond donors (Lipinski definition) is 3. The van der Waals surface area contributed by atoms with Gasteiger partial charge >= 0.3 is 6.03 Å². The van der Waals surface area contributed by atoms with Crippen LogP contribution in [0.2, 0.25) is 0 Å². The second-order valence-electron chi connectivity index (χ2n) is 5.97. The number of nitrogens with one attached hydrogen (secondary N) is 3. The lowest BCUT2D eigenvalue weighted by atomic mass is 10.1. The number of anilines is 3. The highest BCUT2D eigenvalue weighted by atomic mass is 32.1. The molecule has 3 amide bonds. The summed E-state index contributed by atoms with van der Waals surface area (Å²) >= 11 is 1.08. The molecule has 0 aliphatic carbocycles. The number of benzene rings is 2. The fraction of sp³-hybridized carbons (Fsp3) is 0.100. The Hall–Kier alpha value is -3.52. The van der Waals surface area contributed by atoms with Crippen LogP contribution >= 0.6 is 11.3 Å². The van der Waals surface area contributed by atoms with Crippen molar-refractivity contribution in [2.24, 2.45) is 0 Å². The molecule has 0 saturated carbocycles. The smallest absolute Gasteiger partial charge is 0.321 e. The van der Waals surface area contributed by atoms with Gasteiger partial charge < -0.3 is 10.6 Å². The normalized spacial score (nSPS) is 10.2. The average Bonchev–Trinajstić information content (AvgIpc) is 3.03. The highest BCUT2D eigenvalue weighted by molar-refractivity contribution is 7.17. The monoisotopic (exact) mass is 394 g/mol. The number of hydrogen-bond acceptors (Lipinski definition) is 5. The molecule has 1 heterocycles. The lowest BCUT2D eigenvalue weighted by molar-refractivity contribution is 0.101. The van der Waals surface area contributed by atoms with E-state index >= 15 is 0 Å². The Balaban J connectivity index is 1.64. The number of carbonyl (C=O) groups is 3. The van der Waals surface area contributed by atoms with Crippen molar-refractivity contribution in [3.05, 3.63) is 70.7 Å². The molecule has 1 aromatic heterocycles. The first-order valence-electron chi connectivity index (χ1n) is 8.45. The summed E-state index contributed by atoms with van der Waals surface area (Å²) in [5.41, 5.74) is 2.31. The van der Waals surface area contributed by atoms with Gasteiger partial charge in [0.1, 0.15) is 4.88 Å². The van der Waals surface area contributed by atoms with E-state index in [-0.39, 0.29) is 11.7 Å². The van der Waals surface area contributed by atoms with Gasteiger partial charge in [0.25, 0.3) is 5.91 Å². The molecular formula is C20H18N4O3S. The van der Waals surface area contributed by atoms with Gasteiger partial charge in [-0.2, -0.15) is 0 Å². The van der Waals surface area contributed by atoms with Crippen LogP contribution in [0.3, 0.4) is 0 Å². The third-order valence-electron chi connectivity index (χ3n) is 3.80. The van der Waals surface area contributed by atoms with Gasteiger partial charge in [0.2, 0.25) is 0 Å². The molecule has 0 spiro atoms. The molecule has 28 heavy (non-hydrogen) atoms. The number of rotatable bonds is 5. The predicted molar refractivity (Wildman–Crippen MR) is 110 cm³/mol. The van der Waals surface area contributed by atoms with Crippen molar-refractivity contribution in [2.45, 2.75) is 13.8 Å². The molecule has 0 unspecified atom stereocenters. The van der Waals surface area contributed by atoms with Crippen molar-refractivity contribution >= 4 is 45.6 Å². The molecule has 3 aromatic rings. The molecule has 0 atom stereocenters. The quantitative estimate of drug-likeness (QED) is 0.553. The Bertz CT molecular complexity index is 1010. The number of carbonyl (C=O) groups excluding carboxylic acids is 3. The van der Waals surface area contributed by atoms with Gasteiger partial charge in [-0.1, -0.05) is 29.5 Å². The molecule has 0 aliphatic rings. The minimum atomic E-state index is -0.438. The fourth-order valence-corrected chi connectivity index (χ4v) is 3.27. The molecular weight excluding hydrogens is 376 g/mol. The van der Waals surface area contributed by atoms with Crippen molar-refractivity contribution in [1.82, 2.24) is 4.98 Å². The largest absolute Gasteiger partial charge is 0.325 e. The second kappa shape index (κ2) is 8.45. The standard InChI is InChI=1S/C20H18N4O3S/c1-12-17(18(26)22-16-10-8-14(9-11-16)13(2)25)28-20(21-12)24-19(27)23-15-6-4-3-5-7-15/h3-11H,1-2H3,(H,22,26)(H2,21,23,24,27). The summed E-state index contributed by atoms with van der Waals surface area (Å²) in [5.74, 6) is -0.372. The molecule has 7 nitrogen and oxygen atoms in total. The molecule has 142 valence electrons. The van der Waals surface area contributed by atoms with E-state index in [4.69, 9.17) is 0 Å². The van der Waals surface area contributed by atoms with Crippen LogP contribution in [0.5, 0.6) is 0 Å². The maximum atomic E-state index is 12.5. The number of thiazole rings is 1. The number of Topliss-reactive ketones (excluding diaryl/α,β-unsaturated/α-hetero) is 1. The molecule has 3 N–H and O–H groups in total. The lowest BCUT2D eigenvalue weighted by Crippen LogP contribution is -2.19. The minimum Gasteiger partial charge on any atom is -0.321 e. The number of nitrogens with zero attached hydrogens (tertiary/aromatic N) is 1. The number of amides is 3. The van der Waals surface area contributed by atoms with Crippen molar-refractivity contribution in [3.8, 4) is 0 Å². The van der Waals surface area contributed by atoms with Gasteiger partial charge in [-0.15, -0.1) is 0 Å².